The smallest absolute Gasteiger partial charge is 0.251 e. The molecule has 0 unspecified atom stereocenters. The van der Waals surface area contributed by atoms with Crippen LogP contribution in [0.4, 0.5) is 4.39 Å². The summed E-state index contributed by atoms with van der Waals surface area (Å²) >= 11 is 5.86. The van der Waals surface area contributed by atoms with E-state index in [9.17, 15) is 9.18 Å². The Labute approximate surface area is 121 Å². The van der Waals surface area contributed by atoms with Gasteiger partial charge in [-0.2, -0.15) is 0 Å². The van der Waals surface area contributed by atoms with Gasteiger partial charge in [0.1, 0.15) is 0 Å². The molecule has 0 aromatic heterocycles. The zero-order valence-corrected chi connectivity index (χ0v) is 11.6. The molecule has 0 spiro atoms. The highest BCUT2D eigenvalue weighted by atomic mass is 35.5. The summed E-state index contributed by atoms with van der Waals surface area (Å²) in [6, 6.07) is 11.2. The predicted molar refractivity (Wildman–Crippen MR) is 75.6 cm³/mol. The number of methoxy groups -OCH3 is 1. The van der Waals surface area contributed by atoms with E-state index in [-0.39, 0.29) is 17.2 Å². The summed E-state index contributed by atoms with van der Waals surface area (Å²) in [7, 11) is 1.37. The standard InChI is InChI=1S/C15H13ClFNO2/c1-20-14-6-5-11(8-13(14)17)15(19)18-9-10-3-2-4-12(16)7-10/h2-8H,9H2,1H3,(H,18,19). The molecule has 104 valence electrons. The molecule has 2 aromatic rings. The Hall–Kier alpha value is -2.07. The summed E-state index contributed by atoms with van der Waals surface area (Å²) in [6.07, 6.45) is 0. The van der Waals surface area contributed by atoms with Crippen LogP contribution in [0.2, 0.25) is 5.02 Å². The van der Waals surface area contributed by atoms with Gasteiger partial charge in [-0.25, -0.2) is 4.39 Å². The third-order valence-electron chi connectivity index (χ3n) is 2.76. The summed E-state index contributed by atoms with van der Waals surface area (Å²) in [5.41, 5.74) is 1.12. The number of benzene rings is 2. The van der Waals surface area contributed by atoms with Crippen molar-refractivity contribution in [2.45, 2.75) is 6.54 Å². The Morgan fingerprint density at radius 1 is 1.30 bits per heavy atom. The summed E-state index contributed by atoms with van der Waals surface area (Å²) in [4.78, 5) is 11.9. The van der Waals surface area contributed by atoms with Crippen molar-refractivity contribution in [3.05, 3.63) is 64.4 Å². The number of hydrogen-bond acceptors (Lipinski definition) is 2. The van der Waals surface area contributed by atoms with Crippen LogP contribution in [0.5, 0.6) is 5.75 Å². The quantitative estimate of drug-likeness (QED) is 0.938. The van der Waals surface area contributed by atoms with Crippen molar-refractivity contribution in [1.82, 2.24) is 5.32 Å². The first-order chi connectivity index (χ1) is 9.60. The van der Waals surface area contributed by atoms with Gasteiger partial charge in [0.2, 0.25) is 0 Å². The maximum Gasteiger partial charge on any atom is 0.251 e. The number of halogens is 2. The SMILES string of the molecule is COc1ccc(C(=O)NCc2cccc(Cl)c2)cc1F. The molecule has 5 heteroatoms. The number of carbonyl (C=O) groups is 1. The molecule has 3 nitrogen and oxygen atoms in total. The van der Waals surface area contributed by atoms with Gasteiger partial charge in [0, 0.05) is 17.1 Å². The highest BCUT2D eigenvalue weighted by molar-refractivity contribution is 6.30. The third-order valence-corrected chi connectivity index (χ3v) is 2.99. The van der Waals surface area contributed by atoms with E-state index in [4.69, 9.17) is 16.3 Å². The zero-order valence-electron chi connectivity index (χ0n) is 10.8. The number of hydrogen-bond donors (Lipinski definition) is 1. The molecule has 1 amide bonds. The van der Waals surface area contributed by atoms with Crippen molar-refractivity contribution in [3.8, 4) is 5.75 Å². The minimum atomic E-state index is -0.567. The maximum atomic E-state index is 13.5. The van der Waals surface area contributed by atoms with Crippen molar-refractivity contribution < 1.29 is 13.9 Å². The largest absolute Gasteiger partial charge is 0.494 e. The monoisotopic (exact) mass is 293 g/mol. The Morgan fingerprint density at radius 2 is 2.10 bits per heavy atom. The Kier molecular flexibility index (Phi) is 4.58. The minimum Gasteiger partial charge on any atom is -0.494 e. The van der Waals surface area contributed by atoms with Crippen molar-refractivity contribution in [1.29, 1.82) is 0 Å². The number of rotatable bonds is 4. The second kappa shape index (κ2) is 6.39. The van der Waals surface area contributed by atoms with Gasteiger partial charge in [-0.05, 0) is 35.9 Å². The van der Waals surface area contributed by atoms with Crippen LogP contribution in [-0.2, 0) is 6.54 Å². The lowest BCUT2D eigenvalue weighted by atomic mass is 10.2. The van der Waals surface area contributed by atoms with Gasteiger partial charge in [0.25, 0.3) is 5.91 Å². The summed E-state index contributed by atoms with van der Waals surface area (Å²) in [6.45, 7) is 0.326. The molecule has 0 saturated heterocycles. The lowest BCUT2D eigenvalue weighted by molar-refractivity contribution is 0.0950. The molecular weight excluding hydrogens is 281 g/mol. The van der Waals surface area contributed by atoms with Crippen LogP contribution in [0.25, 0.3) is 0 Å². The summed E-state index contributed by atoms with van der Waals surface area (Å²) in [5, 5.41) is 3.31. The van der Waals surface area contributed by atoms with Crippen LogP contribution in [0.3, 0.4) is 0 Å². The lowest BCUT2D eigenvalue weighted by Crippen LogP contribution is -2.22. The number of ether oxygens (including phenoxy) is 1. The Balaban J connectivity index is 2.03. The molecule has 1 N–H and O–H groups in total. The van der Waals surface area contributed by atoms with Crippen LogP contribution in [0.15, 0.2) is 42.5 Å². The average molecular weight is 294 g/mol. The molecule has 2 rings (SSSR count). The van der Waals surface area contributed by atoms with E-state index in [2.05, 4.69) is 5.32 Å². The van der Waals surface area contributed by atoms with E-state index in [0.29, 0.717) is 11.6 Å². The highest BCUT2D eigenvalue weighted by Gasteiger charge is 2.09. The Bertz CT molecular complexity index is 631. The van der Waals surface area contributed by atoms with Gasteiger partial charge in [0.05, 0.1) is 7.11 Å². The Morgan fingerprint density at radius 3 is 2.75 bits per heavy atom. The van der Waals surface area contributed by atoms with E-state index >= 15 is 0 Å². The molecule has 2 aromatic carbocycles. The highest BCUT2D eigenvalue weighted by Crippen LogP contribution is 2.17. The van der Waals surface area contributed by atoms with E-state index in [1.54, 1.807) is 18.2 Å². The molecule has 20 heavy (non-hydrogen) atoms. The predicted octanol–water partition coefficient (Wildman–Crippen LogP) is 3.42. The van der Waals surface area contributed by atoms with E-state index < -0.39 is 5.82 Å². The van der Waals surface area contributed by atoms with E-state index in [1.165, 1.54) is 19.2 Å². The molecule has 0 bridgehead atoms. The fourth-order valence-corrected chi connectivity index (χ4v) is 1.95. The summed E-state index contributed by atoms with van der Waals surface area (Å²) in [5.74, 6) is -0.814. The van der Waals surface area contributed by atoms with Gasteiger partial charge in [0.15, 0.2) is 11.6 Å². The first kappa shape index (κ1) is 14.3. The first-order valence-electron chi connectivity index (χ1n) is 5.96. The van der Waals surface area contributed by atoms with Gasteiger partial charge in [-0.15, -0.1) is 0 Å². The molecule has 0 aliphatic rings. The van der Waals surface area contributed by atoms with Crippen LogP contribution in [-0.4, -0.2) is 13.0 Å². The molecule has 0 fully saturated rings. The molecule has 0 saturated carbocycles. The molecule has 0 radical (unpaired) electrons. The number of carbonyl (C=O) groups excluding carboxylic acids is 1. The maximum absolute atomic E-state index is 13.5. The minimum absolute atomic E-state index is 0.108. The van der Waals surface area contributed by atoms with Crippen molar-refractivity contribution >= 4 is 17.5 Å². The summed E-state index contributed by atoms with van der Waals surface area (Å²) < 4.78 is 18.3. The van der Waals surface area contributed by atoms with Gasteiger partial charge < -0.3 is 10.1 Å². The molecule has 0 aliphatic heterocycles. The fraction of sp³-hybridized carbons (Fsp3) is 0.133. The topological polar surface area (TPSA) is 38.3 Å². The van der Waals surface area contributed by atoms with Gasteiger partial charge in [-0.3, -0.25) is 4.79 Å². The fourth-order valence-electron chi connectivity index (χ4n) is 1.74. The van der Waals surface area contributed by atoms with Crippen molar-refractivity contribution in [2.75, 3.05) is 7.11 Å². The second-order valence-electron chi connectivity index (χ2n) is 4.16. The van der Waals surface area contributed by atoms with Gasteiger partial charge >= 0.3 is 0 Å². The van der Waals surface area contributed by atoms with Gasteiger partial charge in [-0.1, -0.05) is 23.7 Å². The number of amides is 1. The van der Waals surface area contributed by atoms with Crippen molar-refractivity contribution in [2.24, 2.45) is 0 Å². The zero-order chi connectivity index (χ0) is 14.5. The molecule has 0 heterocycles. The van der Waals surface area contributed by atoms with E-state index in [1.807, 2.05) is 6.07 Å². The van der Waals surface area contributed by atoms with Crippen LogP contribution in [0, 0.1) is 5.82 Å². The normalized spacial score (nSPS) is 10.2. The molecule has 0 atom stereocenters. The van der Waals surface area contributed by atoms with Crippen LogP contribution >= 0.6 is 11.6 Å². The number of nitrogens with one attached hydrogen (secondary N) is 1. The second-order valence-corrected chi connectivity index (χ2v) is 4.60. The molecule has 0 aliphatic carbocycles. The third kappa shape index (κ3) is 3.48. The first-order valence-corrected chi connectivity index (χ1v) is 6.34. The van der Waals surface area contributed by atoms with Crippen LogP contribution < -0.4 is 10.1 Å². The molecular formula is C15H13ClFNO2. The lowest BCUT2D eigenvalue weighted by Gasteiger charge is -2.07. The van der Waals surface area contributed by atoms with Crippen LogP contribution in [0.1, 0.15) is 15.9 Å². The van der Waals surface area contributed by atoms with E-state index in [0.717, 1.165) is 11.6 Å². The average Bonchev–Trinajstić information content (AvgIpc) is 2.44. The van der Waals surface area contributed by atoms with Crippen molar-refractivity contribution in [3.63, 3.8) is 0 Å².